The number of pyridine rings is 1. The fourth-order valence-corrected chi connectivity index (χ4v) is 4.79. The molecule has 0 aliphatic heterocycles. The molecule has 5 aromatic rings. The van der Waals surface area contributed by atoms with Crippen molar-refractivity contribution in [2.24, 2.45) is 0 Å². The van der Waals surface area contributed by atoms with Crippen LogP contribution >= 0.6 is 0 Å². The molecule has 0 atom stereocenters. The van der Waals surface area contributed by atoms with Crippen molar-refractivity contribution in [1.29, 1.82) is 0 Å². The summed E-state index contributed by atoms with van der Waals surface area (Å²) in [7, 11) is 0. The van der Waals surface area contributed by atoms with E-state index in [1.165, 1.54) is 35.2 Å². The number of aromatic nitrogens is 3. The molecule has 5 rings (SSSR count). The number of nitrogens with zero attached hydrogens (tertiary/aromatic N) is 3. The van der Waals surface area contributed by atoms with E-state index < -0.39 is 23.0 Å². The van der Waals surface area contributed by atoms with E-state index in [2.05, 4.69) is 15.0 Å². The Labute approximate surface area is 222 Å². The molecule has 39 heavy (non-hydrogen) atoms. The van der Waals surface area contributed by atoms with Crippen LogP contribution in [-0.4, -0.2) is 21.4 Å². The number of carbonyl (C=O) groups excluding carboxylic acids is 1. The van der Waals surface area contributed by atoms with Gasteiger partial charge in [0.15, 0.2) is 0 Å². The Morgan fingerprint density at radius 1 is 0.923 bits per heavy atom. The van der Waals surface area contributed by atoms with Crippen molar-refractivity contribution in [3.63, 3.8) is 0 Å². The van der Waals surface area contributed by atoms with Gasteiger partial charge in [-0.2, -0.15) is 13.2 Å². The number of hydrogen-bond acceptors (Lipinski definition) is 3. The molecule has 2 heterocycles. The number of imidazole rings is 1. The van der Waals surface area contributed by atoms with Gasteiger partial charge in [-0.15, -0.1) is 0 Å². The van der Waals surface area contributed by atoms with Gasteiger partial charge in [0.05, 0.1) is 34.2 Å². The third-order valence-corrected chi connectivity index (χ3v) is 6.42. The first-order chi connectivity index (χ1) is 18.5. The fraction of sp³-hybridized carbons (Fsp3) is 0.167. The molecule has 2 aromatic heterocycles. The summed E-state index contributed by atoms with van der Waals surface area (Å²) < 4.78 is 56.1. The summed E-state index contributed by atoms with van der Waals surface area (Å²) in [5, 5.41) is 0. The molecule has 0 spiro atoms. The van der Waals surface area contributed by atoms with E-state index in [0.29, 0.717) is 39.9 Å². The number of aromatic amines is 1. The van der Waals surface area contributed by atoms with Crippen LogP contribution < -0.4 is 4.90 Å². The number of fused-ring (bicyclic) bond motifs is 1. The van der Waals surface area contributed by atoms with Gasteiger partial charge in [0.2, 0.25) is 6.41 Å². The number of carbonyl (C=O) groups is 1. The van der Waals surface area contributed by atoms with E-state index in [-0.39, 0.29) is 11.4 Å². The summed E-state index contributed by atoms with van der Waals surface area (Å²) in [5.74, 6) is -0.550. The predicted octanol–water partition coefficient (Wildman–Crippen LogP) is 8.04. The summed E-state index contributed by atoms with van der Waals surface area (Å²) >= 11 is 0. The van der Waals surface area contributed by atoms with Gasteiger partial charge < -0.3 is 4.98 Å². The molecule has 0 bridgehead atoms. The van der Waals surface area contributed by atoms with Crippen molar-refractivity contribution < 1.29 is 22.4 Å². The van der Waals surface area contributed by atoms with Gasteiger partial charge in [-0.25, -0.2) is 9.37 Å². The largest absolute Gasteiger partial charge is 0.417 e. The van der Waals surface area contributed by atoms with Crippen molar-refractivity contribution in [2.75, 3.05) is 4.90 Å². The highest BCUT2D eigenvalue weighted by Crippen LogP contribution is 2.44. The molecular weight excluding hydrogens is 508 g/mol. The lowest BCUT2D eigenvalue weighted by atomic mass is 9.80. The summed E-state index contributed by atoms with van der Waals surface area (Å²) in [6.07, 6.45) is -0.795. The van der Waals surface area contributed by atoms with Crippen LogP contribution in [0.5, 0.6) is 0 Å². The number of alkyl halides is 3. The first kappa shape index (κ1) is 26.1. The monoisotopic (exact) mass is 532 g/mol. The second-order valence-electron chi connectivity index (χ2n) is 10.1. The van der Waals surface area contributed by atoms with Gasteiger partial charge in [0.25, 0.3) is 0 Å². The van der Waals surface area contributed by atoms with Gasteiger partial charge >= 0.3 is 6.18 Å². The molecule has 0 aliphatic carbocycles. The van der Waals surface area contributed by atoms with E-state index in [9.17, 15) is 22.4 Å². The lowest BCUT2D eigenvalue weighted by molar-refractivity contribution is -0.137. The summed E-state index contributed by atoms with van der Waals surface area (Å²) in [5.41, 5.74) is 2.17. The highest BCUT2D eigenvalue weighted by Gasteiger charge is 2.35. The van der Waals surface area contributed by atoms with Crippen molar-refractivity contribution >= 4 is 28.8 Å². The number of hydrogen-bond donors (Lipinski definition) is 1. The summed E-state index contributed by atoms with van der Waals surface area (Å²) in [6, 6.07) is 16.5. The Kier molecular flexibility index (Phi) is 6.46. The highest BCUT2D eigenvalue weighted by molar-refractivity contribution is 5.91. The maximum Gasteiger partial charge on any atom is 0.417 e. The summed E-state index contributed by atoms with van der Waals surface area (Å²) in [4.78, 5) is 25.0. The molecule has 3 aromatic carbocycles. The lowest BCUT2D eigenvalue weighted by Crippen LogP contribution is -2.22. The zero-order valence-corrected chi connectivity index (χ0v) is 21.3. The third-order valence-electron chi connectivity index (χ3n) is 6.42. The third kappa shape index (κ3) is 4.99. The van der Waals surface area contributed by atoms with E-state index in [1.807, 2.05) is 26.8 Å². The second kappa shape index (κ2) is 9.65. The van der Waals surface area contributed by atoms with E-state index in [4.69, 9.17) is 0 Å². The smallest absolute Gasteiger partial charge is 0.338 e. The lowest BCUT2D eigenvalue weighted by Gasteiger charge is -2.30. The van der Waals surface area contributed by atoms with Gasteiger partial charge in [0, 0.05) is 11.8 Å². The highest BCUT2D eigenvalue weighted by atomic mass is 19.4. The Bertz CT molecular complexity index is 1670. The van der Waals surface area contributed by atoms with Crippen molar-refractivity contribution in [2.45, 2.75) is 32.4 Å². The van der Waals surface area contributed by atoms with E-state index in [1.54, 1.807) is 36.7 Å². The van der Waals surface area contributed by atoms with Gasteiger partial charge in [0.1, 0.15) is 11.6 Å². The molecule has 9 heteroatoms. The molecule has 1 amide bonds. The number of halogens is 4. The predicted molar refractivity (Wildman–Crippen MR) is 143 cm³/mol. The van der Waals surface area contributed by atoms with Gasteiger partial charge in [-0.05, 0) is 70.6 Å². The molecule has 0 aliphatic rings. The minimum atomic E-state index is -4.65. The first-order valence-electron chi connectivity index (χ1n) is 12.1. The van der Waals surface area contributed by atoms with Crippen molar-refractivity contribution in [3.8, 4) is 22.5 Å². The second-order valence-corrected chi connectivity index (χ2v) is 10.1. The number of benzene rings is 3. The number of nitrogens with one attached hydrogen (secondary N) is 1. The minimum Gasteiger partial charge on any atom is -0.338 e. The standard InChI is InChI=1S/C30H24F4N4O/c1-29(2,3)27-21(7-4-8-26(27)38(17-39)20-6-5-13-35-16-20)18-9-11-23(30(32,33)34)22(14-18)28-36-24-12-10-19(31)15-25(24)37-28/h4-17H,1-3H3,(H,36,37). The Hall–Kier alpha value is -4.53. The molecule has 0 saturated carbocycles. The Balaban J connectivity index is 1.75. The van der Waals surface area contributed by atoms with Crippen LogP contribution in [-0.2, 0) is 16.4 Å². The number of amides is 1. The molecule has 0 saturated heterocycles. The normalized spacial score (nSPS) is 12.1. The van der Waals surface area contributed by atoms with E-state index in [0.717, 1.165) is 11.6 Å². The maximum atomic E-state index is 14.1. The van der Waals surface area contributed by atoms with Crippen molar-refractivity contribution in [1.82, 2.24) is 15.0 Å². The SMILES string of the molecule is CC(C)(C)c1c(-c2ccc(C(F)(F)F)c(-c3nc4ccc(F)cc4[nH]3)c2)cccc1N(C=O)c1cccnc1. The topological polar surface area (TPSA) is 61.9 Å². The molecule has 1 N–H and O–H groups in total. The molecule has 0 unspecified atom stereocenters. The molecule has 0 fully saturated rings. The van der Waals surface area contributed by atoms with Crippen LogP contribution in [0.25, 0.3) is 33.5 Å². The van der Waals surface area contributed by atoms with Gasteiger partial charge in [-0.3, -0.25) is 14.7 Å². The fourth-order valence-electron chi connectivity index (χ4n) is 4.79. The zero-order valence-electron chi connectivity index (χ0n) is 21.3. The van der Waals surface area contributed by atoms with Crippen molar-refractivity contribution in [3.05, 3.63) is 96.1 Å². The Morgan fingerprint density at radius 3 is 2.38 bits per heavy atom. The zero-order chi connectivity index (χ0) is 27.9. The first-order valence-corrected chi connectivity index (χ1v) is 12.1. The number of rotatable bonds is 5. The van der Waals surface area contributed by atoms with Crippen LogP contribution in [0.2, 0.25) is 0 Å². The van der Waals surface area contributed by atoms with Crippen LogP contribution in [0, 0.1) is 5.82 Å². The molecule has 198 valence electrons. The van der Waals surface area contributed by atoms with Crippen LogP contribution in [0.1, 0.15) is 31.9 Å². The average molecular weight is 533 g/mol. The molecule has 5 nitrogen and oxygen atoms in total. The minimum absolute atomic E-state index is 0.0249. The quantitative estimate of drug-likeness (QED) is 0.184. The number of H-pyrrole nitrogens is 1. The summed E-state index contributed by atoms with van der Waals surface area (Å²) in [6.45, 7) is 5.92. The van der Waals surface area contributed by atoms with E-state index >= 15 is 0 Å². The molecular formula is C30H24F4N4O. The van der Waals surface area contributed by atoms with Crippen LogP contribution in [0.4, 0.5) is 28.9 Å². The Morgan fingerprint density at radius 2 is 1.72 bits per heavy atom. The van der Waals surface area contributed by atoms with Crippen LogP contribution in [0.15, 0.2) is 79.1 Å². The number of anilines is 2. The van der Waals surface area contributed by atoms with Gasteiger partial charge in [-0.1, -0.05) is 39.0 Å². The van der Waals surface area contributed by atoms with Crippen LogP contribution in [0.3, 0.4) is 0 Å². The average Bonchev–Trinajstić information content (AvgIpc) is 3.31. The maximum absolute atomic E-state index is 14.1. The molecule has 0 radical (unpaired) electrons.